The number of amides is 1. The molecule has 0 aliphatic carbocycles. The van der Waals surface area contributed by atoms with E-state index in [9.17, 15) is 4.79 Å². The normalized spacial score (nSPS) is 10.9. The second-order valence-corrected chi connectivity index (χ2v) is 5.90. The minimum absolute atomic E-state index is 0.0621. The summed E-state index contributed by atoms with van der Waals surface area (Å²) in [6.45, 7) is 1.89. The van der Waals surface area contributed by atoms with E-state index in [0.29, 0.717) is 13.1 Å². The summed E-state index contributed by atoms with van der Waals surface area (Å²) < 4.78 is 1.79. The Morgan fingerprint density at radius 3 is 3.05 bits per heavy atom. The third-order valence-electron chi connectivity index (χ3n) is 2.99. The van der Waals surface area contributed by atoms with Gasteiger partial charge in [0, 0.05) is 24.7 Å². The molecule has 0 spiro atoms. The van der Waals surface area contributed by atoms with Gasteiger partial charge in [0.25, 0.3) is 0 Å². The van der Waals surface area contributed by atoms with Crippen LogP contribution in [0, 0.1) is 0 Å². The number of hydrogen-bond acceptors (Lipinski definition) is 4. The van der Waals surface area contributed by atoms with Gasteiger partial charge in [-0.05, 0) is 30.5 Å². The molecule has 2 heterocycles. The van der Waals surface area contributed by atoms with Gasteiger partial charge in [-0.3, -0.25) is 14.4 Å². The van der Waals surface area contributed by atoms with E-state index < -0.39 is 0 Å². The van der Waals surface area contributed by atoms with Crippen LogP contribution in [-0.4, -0.2) is 40.7 Å². The first kappa shape index (κ1) is 14.7. The number of carbonyl (C=O) groups is 1. The second kappa shape index (κ2) is 7.21. The first-order valence-corrected chi connectivity index (χ1v) is 7.46. The Morgan fingerprint density at radius 2 is 2.40 bits per heavy atom. The maximum atomic E-state index is 11.8. The number of aryl methyl sites for hydroxylation is 1. The summed E-state index contributed by atoms with van der Waals surface area (Å²) in [7, 11) is 3.87. The van der Waals surface area contributed by atoms with E-state index in [1.165, 1.54) is 10.4 Å². The standard InChI is InChI=1S/C14H20N4OS/c1-17(6-5-12-8-16-18(2)10-12)11-14(19)15-9-13-4-3-7-20-13/h3-4,7-8,10H,5-6,9,11H2,1-2H3,(H,15,19). The molecule has 2 aromatic heterocycles. The van der Waals surface area contributed by atoms with Crippen LogP contribution in [0.1, 0.15) is 10.4 Å². The molecule has 2 rings (SSSR count). The van der Waals surface area contributed by atoms with Crippen LogP contribution < -0.4 is 5.32 Å². The molecular formula is C14H20N4OS. The lowest BCUT2D eigenvalue weighted by Gasteiger charge is -2.15. The molecule has 1 amide bonds. The van der Waals surface area contributed by atoms with Crippen LogP contribution in [0.15, 0.2) is 29.9 Å². The SMILES string of the molecule is CN(CCc1cnn(C)c1)CC(=O)NCc1cccs1. The lowest BCUT2D eigenvalue weighted by Crippen LogP contribution is -2.35. The predicted molar refractivity (Wildman–Crippen MR) is 80.6 cm³/mol. The molecule has 0 aliphatic heterocycles. The van der Waals surface area contributed by atoms with Gasteiger partial charge in [-0.15, -0.1) is 11.3 Å². The number of thiophene rings is 1. The van der Waals surface area contributed by atoms with Gasteiger partial charge >= 0.3 is 0 Å². The van der Waals surface area contributed by atoms with Crippen molar-refractivity contribution in [3.05, 3.63) is 40.3 Å². The predicted octanol–water partition coefficient (Wildman–Crippen LogP) is 1.27. The lowest BCUT2D eigenvalue weighted by molar-refractivity contribution is -0.122. The van der Waals surface area contributed by atoms with Crippen molar-refractivity contribution < 1.29 is 4.79 Å². The highest BCUT2D eigenvalue weighted by Crippen LogP contribution is 2.07. The highest BCUT2D eigenvalue weighted by Gasteiger charge is 2.07. The maximum absolute atomic E-state index is 11.8. The van der Waals surface area contributed by atoms with Gasteiger partial charge in [0.05, 0.1) is 19.3 Å². The zero-order valence-electron chi connectivity index (χ0n) is 11.9. The Hall–Kier alpha value is -1.66. The number of rotatable bonds is 7. The number of carbonyl (C=O) groups excluding carboxylic acids is 1. The molecule has 0 saturated carbocycles. The molecule has 6 heteroatoms. The molecule has 0 radical (unpaired) electrons. The first-order chi connectivity index (χ1) is 9.63. The molecule has 5 nitrogen and oxygen atoms in total. The summed E-state index contributed by atoms with van der Waals surface area (Å²) in [5.74, 6) is 0.0621. The van der Waals surface area contributed by atoms with Gasteiger partial charge in [-0.2, -0.15) is 5.10 Å². The number of nitrogens with one attached hydrogen (secondary N) is 1. The molecule has 0 unspecified atom stereocenters. The zero-order chi connectivity index (χ0) is 14.4. The van der Waals surface area contributed by atoms with Gasteiger partial charge < -0.3 is 5.32 Å². The van der Waals surface area contributed by atoms with E-state index in [2.05, 4.69) is 10.4 Å². The fraction of sp³-hybridized carbons (Fsp3) is 0.429. The minimum Gasteiger partial charge on any atom is -0.350 e. The molecule has 20 heavy (non-hydrogen) atoms. The lowest BCUT2D eigenvalue weighted by atomic mass is 10.2. The number of likely N-dealkylation sites (N-methyl/N-ethyl adjacent to an activating group) is 1. The molecule has 0 aromatic carbocycles. The molecule has 2 aromatic rings. The summed E-state index contributed by atoms with van der Waals surface area (Å²) in [4.78, 5) is 15.0. The Kier molecular flexibility index (Phi) is 5.31. The Balaban J connectivity index is 1.65. The highest BCUT2D eigenvalue weighted by atomic mass is 32.1. The van der Waals surface area contributed by atoms with Crippen LogP contribution in [0.3, 0.4) is 0 Å². The summed E-state index contributed by atoms with van der Waals surface area (Å²) in [5.41, 5.74) is 1.19. The van der Waals surface area contributed by atoms with Crippen LogP contribution in [0.4, 0.5) is 0 Å². The van der Waals surface area contributed by atoms with E-state index >= 15 is 0 Å². The molecule has 0 bridgehead atoms. The number of nitrogens with zero attached hydrogens (tertiary/aromatic N) is 3. The quantitative estimate of drug-likeness (QED) is 0.836. The van der Waals surface area contributed by atoms with Gasteiger partial charge in [0.1, 0.15) is 0 Å². The van der Waals surface area contributed by atoms with Crippen molar-refractivity contribution in [1.29, 1.82) is 0 Å². The summed E-state index contributed by atoms with van der Waals surface area (Å²) in [5, 5.41) is 9.08. The van der Waals surface area contributed by atoms with E-state index in [1.807, 2.05) is 48.9 Å². The van der Waals surface area contributed by atoms with Crippen LogP contribution in [0.2, 0.25) is 0 Å². The van der Waals surface area contributed by atoms with Gasteiger partial charge in [0.15, 0.2) is 0 Å². The molecular weight excluding hydrogens is 272 g/mol. The summed E-state index contributed by atoms with van der Waals surface area (Å²) in [6, 6.07) is 4.02. The van der Waals surface area contributed by atoms with Crippen LogP contribution >= 0.6 is 11.3 Å². The van der Waals surface area contributed by atoms with Gasteiger partial charge in [-0.25, -0.2) is 0 Å². The van der Waals surface area contributed by atoms with Crippen LogP contribution in [0.25, 0.3) is 0 Å². The van der Waals surface area contributed by atoms with E-state index in [-0.39, 0.29) is 5.91 Å². The average molecular weight is 292 g/mol. The van der Waals surface area contributed by atoms with E-state index in [4.69, 9.17) is 0 Å². The smallest absolute Gasteiger partial charge is 0.234 e. The third kappa shape index (κ3) is 4.79. The average Bonchev–Trinajstić information content (AvgIpc) is 3.05. The number of hydrogen-bond donors (Lipinski definition) is 1. The molecule has 0 aliphatic rings. The minimum atomic E-state index is 0.0621. The van der Waals surface area contributed by atoms with Crippen molar-refractivity contribution in [2.45, 2.75) is 13.0 Å². The highest BCUT2D eigenvalue weighted by molar-refractivity contribution is 7.09. The summed E-state index contributed by atoms with van der Waals surface area (Å²) >= 11 is 1.66. The summed E-state index contributed by atoms with van der Waals surface area (Å²) in [6.07, 6.45) is 4.78. The van der Waals surface area contributed by atoms with Crippen molar-refractivity contribution in [1.82, 2.24) is 20.0 Å². The zero-order valence-corrected chi connectivity index (χ0v) is 12.7. The molecule has 0 saturated heterocycles. The third-order valence-corrected chi connectivity index (χ3v) is 3.87. The first-order valence-electron chi connectivity index (χ1n) is 6.58. The van der Waals surface area contributed by atoms with E-state index in [1.54, 1.807) is 16.0 Å². The van der Waals surface area contributed by atoms with E-state index in [0.717, 1.165) is 13.0 Å². The van der Waals surface area contributed by atoms with Crippen molar-refractivity contribution in [3.63, 3.8) is 0 Å². The van der Waals surface area contributed by atoms with Crippen LogP contribution in [0.5, 0.6) is 0 Å². The second-order valence-electron chi connectivity index (χ2n) is 4.87. The molecule has 0 fully saturated rings. The van der Waals surface area contributed by atoms with Gasteiger partial charge in [-0.1, -0.05) is 6.07 Å². The molecule has 0 atom stereocenters. The number of aromatic nitrogens is 2. The van der Waals surface area contributed by atoms with Crippen molar-refractivity contribution in [3.8, 4) is 0 Å². The van der Waals surface area contributed by atoms with Crippen molar-refractivity contribution in [2.75, 3.05) is 20.1 Å². The Labute approximate surface area is 123 Å². The maximum Gasteiger partial charge on any atom is 0.234 e. The Morgan fingerprint density at radius 1 is 1.55 bits per heavy atom. The molecule has 108 valence electrons. The largest absolute Gasteiger partial charge is 0.350 e. The monoisotopic (exact) mass is 292 g/mol. The molecule has 1 N–H and O–H groups in total. The van der Waals surface area contributed by atoms with Crippen molar-refractivity contribution in [2.24, 2.45) is 7.05 Å². The Bertz CT molecular complexity index is 535. The van der Waals surface area contributed by atoms with Crippen molar-refractivity contribution >= 4 is 17.2 Å². The van der Waals surface area contributed by atoms with Crippen LogP contribution in [-0.2, 0) is 24.8 Å². The fourth-order valence-corrected chi connectivity index (χ4v) is 2.54. The topological polar surface area (TPSA) is 50.2 Å². The fourth-order valence-electron chi connectivity index (χ4n) is 1.90. The van der Waals surface area contributed by atoms with Gasteiger partial charge in [0.2, 0.25) is 5.91 Å².